The first-order valence-electron chi connectivity index (χ1n) is 9.37. The lowest BCUT2D eigenvalue weighted by molar-refractivity contribution is 0.0985. The van der Waals surface area contributed by atoms with Gasteiger partial charge < -0.3 is 4.74 Å². The van der Waals surface area contributed by atoms with E-state index in [2.05, 4.69) is 4.98 Å². The zero-order valence-electron chi connectivity index (χ0n) is 16.1. The zero-order chi connectivity index (χ0) is 20.5. The third kappa shape index (κ3) is 3.53. The molecule has 5 rings (SSSR count). The summed E-state index contributed by atoms with van der Waals surface area (Å²) in [6.07, 6.45) is 0. The van der Waals surface area contributed by atoms with Gasteiger partial charge in [-0.05, 0) is 29.8 Å². The Morgan fingerprint density at radius 3 is 2.47 bits per heavy atom. The second kappa shape index (κ2) is 7.85. The van der Waals surface area contributed by atoms with E-state index in [4.69, 9.17) is 9.72 Å². The minimum Gasteiger partial charge on any atom is -0.497 e. The van der Waals surface area contributed by atoms with Crippen molar-refractivity contribution in [2.75, 3.05) is 12.0 Å². The van der Waals surface area contributed by atoms with Crippen LogP contribution in [0.5, 0.6) is 5.75 Å². The van der Waals surface area contributed by atoms with Gasteiger partial charge in [-0.25, -0.2) is 9.97 Å². The smallest absolute Gasteiger partial charge is 0.289 e. The molecule has 148 valence electrons. The van der Waals surface area contributed by atoms with E-state index in [1.807, 2.05) is 72.8 Å². The highest BCUT2D eigenvalue weighted by Gasteiger charge is 2.24. The number of carbonyl (C=O) groups is 1. The van der Waals surface area contributed by atoms with Gasteiger partial charge >= 0.3 is 0 Å². The number of rotatable bonds is 5. The van der Waals surface area contributed by atoms with Gasteiger partial charge in [-0.1, -0.05) is 53.8 Å². The van der Waals surface area contributed by atoms with Gasteiger partial charge in [0.05, 0.1) is 34.1 Å². The summed E-state index contributed by atoms with van der Waals surface area (Å²) in [5.41, 5.74) is 2.67. The van der Waals surface area contributed by atoms with Crippen LogP contribution in [0, 0.1) is 0 Å². The molecule has 0 saturated carbocycles. The molecule has 2 heterocycles. The van der Waals surface area contributed by atoms with Crippen molar-refractivity contribution in [1.82, 2.24) is 9.97 Å². The molecule has 3 aromatic carbocycles. The molecular formula is C23H17N3O2S2. The lowest BCUT2D eigenvalue weighted by Crippen LogP contribution is -2.30. The normalized spacial score (nSPS) is 11.1. The van der Waals surface area contributed by atoms with E-state index < -0.39 is 0 Å². The number of para-hydroxylation sites is 1. The number of thiazole rings is 2. The van der Waals surface area contributed by atoms with Gasteiger partial charge in [-0.3, -0.25) is 9.69 Å². The minimum absolute atomic E-state index is 0.147. The Bertz CT molecular complexity index is 1310. The Morgan fingerprint density at radius 1 is 0.900 bits per heavy atom. The number of nitrogens with zero attached hydrogens (tertiary/aromatic N) is 3. The second-order valence-electron chi connectivity index (χ2n) is 6.69. The standard InChI is InChI=1S/C23H17N3O2S2/c1-28-16-11-12-20-18(13-16)25-23(30-20)26(14-15-7-3-2-4-8-15)22(27)21-24-17-9-5-6-10-19(17)29-21/h2-13H,14H2,1H3. The average molecular weight is 432 g/mol. The number of benzene rings is 3. The highest BCUT2D eigenvalue weighted by molar-refractivity contribution is 7.22. The van der Waals surface area contributed by atoms with Crippen molar-refractivity contribution < 1.29 is 9.53 Å². The molecule has 0 saturated heterocycles. The zero-order valence-corrected chi connectivity index (χ0v) is 17.7. The number of aromatic nitrogens is 2. The summed E-state index contributed by atoms with van der Waals surface area (Å²) in [5.74, 6) is 0.595. The van der Waals surface area contributed by atoms with Crippen molar-refractivity contribution in [3.05, 3.63) is 83.4 Å². The molecule has 0 radical (unpaired) electrons. The first-order valence-corrected chi connectivity index (χ1v) is 11.0. The van der Waals surface area contributed by atoms with Crippen LogP contribution >= 0.6 is 22.7 Å². The highest BCUT2D eigenvalue weighted by atomic mass is 32.1. The SMILES string of the molecule is COc1ccc2sc(N(Cc3ccccc3)C(=O)c3nc4ccccc4s3)nc2c1. The molecule has 0 atom stereocenters. The third-order valence-electron chi connectivity index (χ3n) is 4.72. The Morgan fingerprint density at radius 2 is 1.67 bits per heavy atom. The minimum atomic E-state index is -0.147. The van der Waals surface area contributed by atoms with Gasteiger partial charge in [0, 0.05) is 6.07 Å². The number of anilines is 1. The van der Waals surface area contributed by atoms with Gasteiger partial charge in [-0.2, -0.15) is 0 Å². The maximum absolute atomic E-state index is 13.5. The molecule has 0 N–H and O–H groups in total. The lowest BCUT2D eigenvalue weighted by Gasteiger charge is -2.18. The van der Waals surface area contributed by atoms with Gasteiger partial charge in [0.1, 0.15) is 5.75 Å². The van der Waals surface area contributed by atoms with Crippen molar-refractivity contribution in [3.63, 3.8) is 0 Å². The number of ether oxygens (including phenoxy) is 1. The molecule has 5 aromatic rings. The van der Waals surface area contributed by atoms with E-state index in [9.17, 15) is 4.79 Å². The first-order chi connectivity index (χ1) is 14.7. The van der Waals surface area contributed by atoms with Crippen LogP contribution < -0.4 is 9.64 Å². The molecule has 5 nitrogen and oxygen atoms in total. The largest absolute Gasteiger partial charge is 0.497 e. The summed E-state index contributed by atoms with van der Waals surface area (Å²) in [6, 6.07) is 23.5. The number of carbonyl (C=O) groups excluding carboxylic acids is 1. The van der Waals surface area contributed by atoms with Crippen LogP contribution in [0.25, 0.3) is 20.4 Å². The van der Waals surface area contributed by atoms with Crippen LogP contribution in [0.4, 0.5) is 5.13 Å². The lowest BCUT2D eigenvalue weighted by atomic mass is 10.2. The predicted molar refractivity (Wildman–Crippen MR) is 123 cm³/mol. The quantitative estimate of drug-likeness (QED) is 0.355. The molecule has 0 bridgehead atoms. The summed E-state index contributed by atoms with van der Waals surface area (Å²) < 4.78 is 7.31. The summed E-state index contributed by atoms with van der Waals surface area (Å²) in [4.78, 5) is 24.6. The summed E-state index contributed by atoms with van der Waals surface area (Å²) >= 11 is 2.90. The molecule has 30 heavy (non-hydrogen) atoms. The van der Waals surface area contributed by atoms with Crippen LogP contribution in [0.15, 0.2) is 72.8 Å². The second-order valence-corrected chi connectivity index (χ2v) is 8.73. The van der Waals surface area contributed by atoms with Crippen LogP contribution in [-0.2, 0) is 6.54 Å². The molecule has 7 heteroatoms. The van der Waals surface area contributed by atoms with Crippen molar-refractivity contribution in [2.45, 2.75) is 6.54 Å². The maximum Gasteiger partial charge on any atom is 0.289 e. The van der Waals surface area contributed by atoms with Crippen molar-refractivity contribution in [3.8, 4) is 5.75 Å². The summed E-state index contributed by atoms with van der Waals surface area (Å²) in [6.45, 7) is 0.423. The predicted octanol–water partition coefficient (Wildman–Crippen LogP) is 5.76. The molecule has 0 aliphatic heterocycles. The fourth-order valence-electron chi connectivity index (χ4n) is 3.21. The molecule has 0 aliphatic carbocycles. The van der Waals surface area contributed by atoms with E-state index in [1.165, 1.54) is 22.7 Å². The molecule has 1 amide bonds. The van der Waals surface area contributed by atoms with Crippen LogP contribution in [-0.4, -0.2) is 23.0 Å². The number of amides is 1. The number of hydrogen-bond donors (Lipinski definition) is 0. The molecule has 0 unspecified atom stereocenters. The number of hydrogen-bond acceptors (Lipinski definition) is 6. The van der Waals surface area contributed by atoms with Gasteiger partial charge in [0.25, 0.3) is 5.91 Å². The molecule has 2 aromatic heterocycles. The Kier molecular flexibility index (Phi) is 4.90. The number of methoxy groups -OCH3 is 1. The van der Waals surface area contributed by atoms with Crippen LogP contribution in [0.2, 0.25) is 0 Å². The van der Waals surface area contributed by atoms with E-state index in [0.29, 0.717) is 16.7 Å². The average Bonchev–Trinajstić information content (AvgIpc) is 3.41. The van der Waals surface area contributed by atoms with E-state index >= 15 is 0 Å². The molecule has 0 spiro atoms. The molecule has 0 aliphatic rings. The van der Waals surface area contributed by atoms with E-state index in [-0.39, 0.29) is 5.91 Å². The van der Waals surface area contributed by atoms with Crippen LogP contribution in [0.1, 0.15) is 15.4 Å². The van der Waals surface area contributed by atoms with Crippen molar-refractivity contribution in [1.29, 1.82) is 0 Å². The van der Waals surface area contributed by atoms with Crippen molar-refractivity contribution >= 4 is 54.1 Å². The Balaban J connectivity index is 1.58. The van der Waals surface area contributed by atoms with Crippen molar-refractivity contribution in [2.24, 2.45) is 0 Å². The first kappa shape index (κ1) is 18.7. The Hall–Kier alpha value is -3.29. The maximum atomic E-state index is 13.5. The summed E-state index contributed by atoms with van der Waals surface area (Å²) in [7, 11) is 1.63. The number of fused-ring (bicyclic) bond motifs is 2. The summed E-state index contributed by atoms with van der Waals surface area (Å²) in [5, 5.41) is 1.11. The van der Waals surface area contributed by atoms with Gasteiger partial charge in [-0.15, -0.1) is 11.3 Å². The van der Waals surface area contributed by atoms with Crippen LogP contribution in [0.3, 0.4) is 0 Å². The molecular weight excluding hydrogens is 414 g/mol. The van der Waals surface area contributed by atoms with Gasteiger partial charge in [0.15, 0.2) is 10.1 Å². The topological polar surface area (TPSA) is 55.3 Å². The van der Waals surface area contributed by atoms with E-state index in [1.54, 1.807) is 12.0 Å². The monoisotopic (exact) mass is 431 g/mol. The highest BCUT2D eigenvalue weighted by Crippen LogP contribution is 2.33. The molecule has 0 fully saturated rings. The Labute approximate surface area is 181 Å². The third-order valence-corrected chi connectivity index (χ3v) is 6.80. The fourth-order valence-corrected chi connectivity index (χ4v) is 5.07. The van der Waals surface area contributed by atoms with Gasteiger partial charge in [0.2, 0.25) is 0 Å². The fraction of sp³-hybridized carbons (Fsp3) is 0.0870. The van der Waals surface area contributed by atoms with E-state index in [0.717, 1.165) is 31.7 Å².